The molecule has 0 spiro atoms. The van der Waals surface area contributed by atoms with Crippen LogP contribution in [0.3, 0.4) is 0 Å². The van der Waals surface area contributed by atoms with Crippen LogP contribution in [0.4, 0.5) is 4.79 Å². The summed E-state index contributed by atoms with van der Waals surface area (Å²) in [5.41, 5.74) is 1.33. The van der Waals surface area contributed by atoms with Gasteiger partial charge in [-0.15, -0.1) is 0 Å². The molecule has 5 nitrogen and oxygen atoms in total. The predicted molar refractivity (Wildman–Crippen MR) is 92.5 cm³/mol. The van der Waals surface area contributed by atoms with Crippen LogP contribution >= 0.6 is 0 Å². The number of benzene rings is 2. The minimum Gasteiger partial charge on any atom is -0.516 e. The van der Waals surface area contributed by atoms with Crippen molar-refractivity contribution in [3.8, 4) is 5.75 Å². The third-order valence-electron chi connectivity index (χ3n) is 3.31. The summed E-state index contributed by atoms with van der Waals surface area (Å²) in [5, 5.41) is 0. The van der Waals surface area contributed by atoms with Crippen molar-refractivity contribution in [2.75, 3.05) is 7.11 Å². The van der Waals surface area contributed by atoms with E-state index in [2.05, 4.69) is 4.74 Å². The fourth-order valence-electron chi connectivity index (χ4n) is 2.29. The highest BCUT2D eigenvalue weighted by Crippen LogP contribution is 2.22. The zero-order valence-corrected chi connectivity index (χ0v) is 14.9. The largest absolute Gasteiger partial charge is 0.516 e. The zero-order chi connectivity index (χ0) is 17.6. The first-order valence-corrected chi connectivity index (χ1v) is 10.6. The van der Waals surface area contributed by atoms with Gasteiger partial charge in [0.1, 0.15) is 11.3 Å². The van der Waals surface area contributed by atoms with Gasteiger partial charge < -0.3 is 13.9 Å². The van der Waals surface area contributed by atoms with Gasteiger partial charge in [0.05, 0.1) is 7.11 Å². The molecule has 0 bridgehead atoms. The second kappa shape index (κ2) is 7.78. The molecule has 0 aromatic heterocycles. The first kappa shape index (κ1) is 17.7. The number of carbonyl (C=O) groups excluding carboxylic acids is 2. The monoisotopic (exact) mass is 344 g/mol. The second-order valence-electron chi connectivity index (χ2n) is 5.86. The number of hydrogen-bond donors (Lipinski definition) is 0. The predicted octanol–water partition coefficient (Wildman–Crippen LogP) is 3.98. The average molecular weight is 344 g/mol. The Hall–Kier alpha value is -2.60. The van der Waals surface area contributed by atoms with Crippen LogP contribution in [0.15, 0.2) is 54.6 Å². The van der Waals surface area contributed by atoms with E-state index in [0.717, 1.165) is 5.56 Å². The number of para-hydroxylation sites is 1. The molecule has 0 N–H and O–H groups in total. The van der Waals surface area contributed by atoms with Gasteiger partial charge in [0.2, 0.25) is 0 Å². The number of methoxy groups -OCH3 is 1. The van der Waals surface area contributed by atoms with Gasteiger partial charge in [-0.1, -0.05) is 42.5 Å². The lowest BCUT2D eigenvalue weighted by atomic mass is 10.2. The van der Waals surface area contributed by atoms with Gasteiger partial charge in [0, 0.05) is 6.04 Å². The van der Waals surface area contributed by atoms with E-state index in [9.17, 15) is 9.59 Å². The molecule has 0 saturated carbocycles. The number of rotatable bonds is 5. The Morgan fingerprint density at radius 1 is 0.958 bits per heavy atom. The van der Waals surface area contributed by atoms with Gasteiger partial charge in [-0.2, -0.15) is 0 Å². The Morgan fingerprint density at radius 3 is 2.25 bits per heavy atom. The lowest BCUT2D eigenvalue weighted by molar-refractivity contribution is 0.0716. The Morgan fingerprint density at radius 2 is 1.58 bits per heavy atom. The maximum Gasteiger partial charge on any atom is 0.513 e. The first-order chi connectivity index (χ1) is 11.4. The summed E-state index contributed by atoms with van der Waals surface area (Å²) >= 11 is 0. The Labute approximate surface area is 142 Å². The minimum atomic E-state index is -2.28. The van der Waals surface area contributed by atoms with Crippen molar-refractivity contribution in [3.63, 3.8) is 0 Å². The van der Waals surface area contributed by atoms with Crippen LogP contribution in [0.1, 0.15) is 15.9 Å². The van der Waals surface area contributed by atoms with Crippen molar-refractivity contribution in [3.05, 3.63) is 65.7 Å². The summed E-state index contributed by atoms with van der Waals surface area (Å²) in [6, 6.07) is 17.0. The van der Waals surface area contributed by atoms with Crippen LogP contribution in [0.25, 0.3) is 0 Å². The molecule has 0 unspecified atom stereocenters. The van der Waals surface area contributed by atoms with E-state index in [4.69, 9.17) is 9.16 Å². The molecule has 0 radical (unpaired) electrons. The van der Waals surface area contributed by atoms with Crippen LogP contribution in [0.2, 0.25) is 13.1 Å². The molecular weight excluding hydrogens is 324 g/mol. The van der Waals surface area contributed by atoms with E-state index in [1.54, 1.807) is 18.2 Å². The molecule has 0 aliphatic carbocycles. The molecule has 126 valence electrons. The van der Waals surface area contributed by atoms with Crippen molar-refractivity contribution in [2.24, 2.45) is 0 Å². The molecule has 0 heterocycles. The Kier molecular flexibility index (Phi) is 5.76. The summed E-state index contributed by atoms with van der Waals surface area (Å²) in [7, 11) is -1.07. The smallest absolute Gasteiger partial charge is 0.513 e. The van der Waals surface area contributed by atoms with Crippen molar-refractivity contribution in [1.82, 2.24) is 0 Å². The van der Waals surface area contributed by atoms with E-state index in [-0.39, 0.29) is 11.3 Å². The van der Waals surface area contributed by atoms with Crippen molar-refractivity contribution in [2.45, 2.75) is 19.1 Å². The van der Waals surface area contributed by atoms with Crippen LogP contribution in [0, 0.1) is 0 Å². The van der Waals surface area contributed by atoms with Gasteiger partial charge in [-0.25, -0.2) is 9.59 Å². The average Bonchev–Trinajstić information content (AvgIpc) is 2.55. The fourth-order valence-corrected chi connectivity index (χ4v) is 4.19. The van der Waals surface area contributed by atoms with Crippen molar-refractivity contribution < 1.29 is 23.5 Å². The highest BCUT2D eigenvalue weighted by Gasteiger charge is 2.29. The van der Waals surface area contributed by atoms with Gasteiger partial charge >= 0.3 is 12.1 Å². The Balaban J connectivity index is 2.13. The first-order valence-electron chi connectivity index (χ1n) is 7.53. The molecule has 24 heavy (non-hydrogen) atoms. The lowest BCUT2D eigenvalue weighted by Gasteiger charge is -2.23. The van der Waals surface area contributed by atoms with Crippen LogP contribution in [0.5, 0.6) is 5.75 Å². The molecule has 0 saturated heterocycles. The van der Waals surface area contributed by atoms with Gasteiger partial charge in [0.25, 0.3) is 8.32 Å². The lowest BCUT2D eigenvalue weighted by Crippen LogP contribution is -2.36. The second-order valence-corrected chi connectivity index (χ2v) is 9.94. The maximum atomic E-state index is 12.5. The summed E-state index contributed by atoms with van der Waals surface area (Å²) in [6.07, 6.45) is -0.879. The number of carbonyl (C=O) groups is 2. The highest BCUT2D eigenvalue weighted by molar-refractivity contribution is 6.72. The summed E-state index contributed by atoms with van der Waals surface area (Å²) in [6.45, 7) is 3.95. The topological polar surface area (TPSA) is 61.8 Å². The molecule has 2 aromatic carbocycles. The molecule has 6 heteroatoms. The molecule has 0 amide bonds. The van der Waals surface area contributed by atoms with Crippen LogP contribution < -0.4 is 4.74 Å². The van der Waals surface area contributed by atoms with Gasteiger partial charge in [0.15, 0.2) is 0 Å². The van der Waals surface area contributed by atoms with Crippen LogP contribution in [-0.2, 0) is 15.2 Å². The van der Waals surface area contributed by atoms with E-state index in [1.807, 2.05) is 43.4 Å². The summed E-state index contributed by atoms with van der Waals surface area (Å²) in [4.78, 5) is 23.8. The van der Waals surface area contributed by atoms with Crippen molar-refractivity contribution in [1.29, 1.82) is 0 Å². The standard InChI is InChI=1S/C18H20O5Si/c1-21-18(20)22-16-12-8-7-11-15(16)17(19)23-24(2,3)13-14-9-5-4-6-10-14/h4-12H,13H2,1-3H3. The van der Waals surface area contributed by atoms with E-state index in [1.165, 1.54) is 13.2 Å². The fraction of sp³-hybridized carbons (Fsp3) is 0.222. The summed E-state index contributed by atoms with van der Waals surface area (Å²) in [5.74, 6) is -0.374. The highest BCUT2D eigenvalue weighted by atomic mass is 28.4. The molecule has 0 atom stereocenters. The van der Waals surface area contributed by atoms with Crippen LogP contribution in [-0.4, -0.2) is 27.6 Å². The van der Waals surface area contributed by atoms with E-state index < -0.39 is 20.4 Å². The Bertz CT molecular complexity index is 712. The molecule has 0 aliphatic rings. The van der Waals surface area contributed by atoms with E-state index in [0.29, 0.717) is 6.04 Å². The molecule has 2 aromatic rings. The quantitative estimate of drug-likeness (QED) is 0.466. The number of hydrogen-bond acceptors (Lipinski definition) is 5. The maximum absolute atomic E-state index is 12.5. The SMILES string of the molecule is COC(=O)Oc1ccccc1C(=O)O[Si](C)(C)Cc1ccccc1. The zero-order valence-electron chi connectivity index (χ0n) is 13.9. The summed E-state index contributed by atoms with van der Waals surface area (Å²) < 4.78 is 15.2. The third kappa shape index (κ3) is 4.96. The molecule has 0 fully saturated rings. The van der Waals surface area contributed by atoms with Crippen molar-refractivity contribution >= 4 is 20.4 Å². The number of ether oxygens (including phenoxy) is 2. The third-order valence-corrected chi connectivity index (χ3v) is 5.31. The van der Waals surface area contributed by atoms with Gasteiger partial charge in [-0.3, -0.25) is 0 Å². The molecular formula is C18H20O5Si. The van der Waals surface area contributed by atoms with E-state index >= 15 is 0 Å². The molecule has 2 rings (SSSR count). The van der Waals surface area contributed by atoms with Gasteiger partial charge in [-0.05, 0) is 30.8 Å². The minimum absolute atomic E-state index is 0.124. The molecule has 0 aliphatic heterocycles. The normalized spacial score (nSPS) is 10.8.